The van der Waals surface area contributed by atoms with Crippen LogP contribution in [0.4, 0.5) is 5.69 Å². The molecule has 2 rings (SSSR count). The van der Waals surface area contributed by atoms with Crippen LogP contribution in [-0.4, -0.2) is 23.5 Å². The van der Waals surface area contributed by atoms with Gasteiger partial charge in [-0.15, -0.1) is 4.91 Å². The van der Waals surface area contributed by atoms with E-state index in [2.05, 4.69) is 11.2 Å². The second-order valence-corrected chi connectivity index (χ2v) is 7.43. The third kappa shape index (κ3) is 7.65. The molecule has 0 amide bonds. The highest BCUT2D eigenvalue weighted by Gasteiger charge is 2.08. The van der Waals surface area contributed by atoms with E-state index in [1.807, 2.05) is 19.9 Å². The lowest BCUT2D eigenvalue weighted by molar-refractivity contribution is -0.138. The number of nitrogens with zero attached hydrogens (tertiary/aromatic N) is 2. The summed E-state index contributed by atoms with van der Waals surface area (Å²) in [6.07, 6.45) is 6.82. The van der Waals surface area contributed by atoms with Crippen LogP contribution < -0.4 is 0 Å². The number of allylic oxidation sites excluding steroid dienone is 1. The second-order valence-electron chi connectivity index (χ2n) is 7.43. The largest absolute Gasteiger partial charge is 0.506 e. The SMILES string of the molecule is Cc1cc(/C=C/C(=O)CCC(C)COC(=O)/C=C/c2ccc(N=O)c(O)c2)ccc1C#N. The number of hydrogen-bond donors (Lipinski definition) is 1. The van der Waals surface area contributed by atoms with Crippen molar-refractivity contribution in [3.63, 3.8) is 0 Å². The summed E-state index contributed by atoms with van der Waals surface area (Å²) in [6.45, 7) is 3.91. The number of rotatable bonds is 10. The normalized spacial score (nSPS) is 11.9. The summed E-state index contributed by atoms with van der Waals surface area (Å²) in [5, 5.41) is 21.2. The number of aromatic hydroxyl groups is 1. The fourth-order valence-corrected chi connectivity index (χ4v) is 2.82. The first-order chi connectivity index (χ1) is 15.3. The summed E-state index contributed by atoms with van der Waals surface area (Å²) in [7, 11) is 0. The maximum Gasteiger partial charge on any atom is 0.330 e. The van der Waals surface area contributed by atoms with E-state index in [9.17, 15) is 19.6 Å². The Hall–Kier alpha value is -4.05. The van der Waals surface area contributed by atoms with Gasteiger partial charge in [0.05, 0.1) is 18.2 Å². The van der Waals surface area contributed by atoms with Crippen LogP contribution in [0, 0.1) is 29.1 Å². The maximum absolute atomic E-state index is 12.1. The van der Waals surface area contributed by atoms with Gasteiger partial charge in [-0.25, -0.2) is 4.79 Å². The Balaban J connectivity index is 1.74. The molecule has 0 aromatic heterocycles. The van der Waals surface area contributed by atoms with Crippen molar-refractivity contribution in [2.45, 2.75) is 26.7 Å². The van der Waals surface area contributed by atoms with Gasteiger partial charge in [0.2, 0.25) is 0 Å². The Morgan fingerprint density at radius 1 is 1.16 bits per heavy atom. The number of nitriles is 1. The quantitative estimate of drug-likeness (QED) is 0.312. The predicted molar refractivity (Wildman–Crippen MR) is 122 cm³/mol. The van der Waals surface area contributed by atoms with Crippen LogP contribution in [0.1, 0.15) is 42.0 Å². The lowest BCUT2D eigenvalue weighted by Crippen LogP contribution is -2.11. The van der Waals surface area contributed by atoms with E-state index in [1.54, 1.807) is 24.3 Å². The highest BCUT2D eigenvalue weighted by Crippen LogP contribution is 2.27. The van der Waals surface area contributed by atoms with Gasteiger partial charge in [0.1, 0.15) is 11.4 Å². The zero-order chi connectivity index (χ0) is 23.5. The lowest BCUT2D eigenvalue weighted by atomic mass is 10.0. The van der Waals surface area contributed by atoms with Gasteiger partial charge in [0.25, 0.3) is 0 Å². The molecule has 32 heavy (non-hydrogen) atoms. The van der Waals surface area contributed by atoms with Crippen LogP contribution in [-0.2, 0) is 14.3 Å². The highest BCUT2D eigenvalue weighted by atomic mass is 16.5. The highest BCUT2D eigenvalue weighted by molar-refractivity contribution is 5.93. The molecule has 0 saturated carbocycles. The van der Waals surface area contributed by atoms with Gasteiger partial charge in [-0.05, 0) is 71.5 Å². The molecule has 0 heterocycles. The van der Waals surface area contributed by atoms with Crippen molar-refractivity contribution in [1.82, 2.24) is 0 Å². The molecule has 1 atom stereocenters. The Morgan fingerprint density at radius 2 is 1.84 bits per heavy atom. The van der Waals surface area contributed by atoms with Crippen molar-refractivity contribution in [3.8, 4) is 11.8 Å². The predicted octanol–water partition coefficient (Wildman–Crippen LogP) is 5.23. The maximum atomic E-state index is 12.1. The fraction of sp³-hybridized carbons (Fsp3) is 0.240. The molecule has 2 aromatic rings. The van der Waals surface area contributed by atoms with Crippen LogP contribution in [0.5, 0.6) is 5.75 Å². The Kier molecular flexibility index (Phi) is 9.05. The summed E-state index contributed by atoms with van der Waals surface area (Å²) >= 11 is 0. The van der Waals surface area contributed by atoms with Gasteiger partial charge in [0.15, 0.2) is 5.78 Å². The van der Waals surface area contributed by atoms with Crippen molar-refractivity contribution in [2.24, 2.45) is 11.1 Å². The fourth-order valence-electron chi connectivity index (χ4n) is 2.82. The summed E-state index contributed by atoms with van der Waals surface area (Å²) in [5.74, 6) is -0.837. The number of benzene rings is 2. The number of ketones is 1. The monoisotopic (exact) mass is 432 g/mol. The molecule has 0 aliphatic rings. The smallest absolute Gasteiger partial charge is 0.330 e. The van der Waals surface area contributed by atoms with Crippen LogP contribution in [0.15, 0.2) is 53.7 Å². The van der Waals surface area contributed by atoms with Gasteiger partial charge in [0, 0.05) is 12.5 Å². The molecule has 0 spiro atoms. The molecule has 1 unspecified atom stereocenters. The zero-order valence-electron chi connectivity index (χ0n) is 17.9. The zero-order valence-corrected chi connectivity index (χ0v) is 17.9. The number of ether oxygens (including phenoxy) is 1. The van der Waals surface area contributed by atoms with Crippen molar-refractivity contribution < 1.29 is 19.4 Å². The molecule has 2 aromatic carbocycles. The van der Waals surface area contributed by atoms with Crippen LogP contribution >= 0.6 is 0 Å². The van der Waals surface area contributed by atoms with E-state index in [4.69, 9.17) is 10.00 Å². The average Bonchev–Trinajstić information content (AvgIpc) is 2.78. The molecule has 0 fully saturated rings. The van der Waals surface area contributed by atoms with Crippen molar-refractivity contribution in [3.05, 3.63) is 75.7 Å². The van der Waals surface area contributed by atoms with Gasteiger partial charge in [-0.3, -0.25) is 4.79 Å². The van der Waals surface area contributed by atoms with E-state index in [-0.39, 0.29) is 29.7 Å². The van der Waals surface area contributed by atoms with Gasteiger partial charge < -0.3 is 9.84 Å². The molecule has 164 valence electrons. The lowest BCUT2D eigenvalue weighted by Gasteiger charge is -2.10. The molecule has 7 heteroatoms. The van der Waals surface area contributed by atoms with E-state index >= 15 is 0 Å². The first-order valence-corrected chi connectivity index (χ1v) is 10.0. The topological polar surface area (TPSA) is 117 Å². The van der Waals surface area contributed by atoms with Crippen LogP contribution in [0.2, 0.25) is 0 Å². The minimum Gasteiger partial charge on any atom is -0.506 e. The molecule has 0 bridgehead atoms. The van der Waals surface area contributed by atoms with Crippen molar-refractivity contribution >= 4 is 29.6 Å². The van der Waals surface area contributed by atoms with Crippen LogP contribution in [0.25, 0.3) is 12.2 Å². The number of nitroso groups, excluding NO2 is 1. The minimum absolute atomic E-state index is 0.00356. The third-order valence-electron chi connectivity index (χ3n) is 4.74. The molecule has 0 aliphatic carbocycles. The Morgan fingerprint density at radius 3 is 2.50 bits per heavy atom. The number of esters is 1. The van der Waals surface area contributed by atoms with Crippen molar-refractivity contribution in [2.75, 3.05) is 6.61 Å². The number of hydrogen-bond acceptors (Lipinski definition) is 7. The number of carbonyl (C=O) groups excluding carboxylic acids is 2. The Labute approximate surface area is 186 Å². The third-order valence-corrected chi connectivity index (χ3v) is 4.74. The summed E-state index contributed by atoms with van der Waals surface area (Å²) in [6, 6.07) is 11.7. The van der Waals surface area contributed by atoms with Gasteiger partial charge >= 0.3 is 5.97 Å². The first-order valence-electron chi connectivity index (χ1n) is 10.0. The minimum atomic E-state index is -0.545. The van der Waals surface area contributed by atoms with E-state index in [1.165, 1.54) is 30.4 Å². The van der Waals surface area contributed by atoms with E-state index < -0.39 is 5.97 Å². The molecule has 0 saturated heterocycles. The molecule has 1 N–H and O–H groups in total. The van der Waals surface area contributed by atoms with Gasteiger partial charge in [-0.2, -0.15) is 5.26 Å². The van der Waals surface area contributed by atoms with Crippen LogP contribution in [0.3, 0.4) is 0 Å². The van der Waals surface area contributed by atoms with Gasteiger partial charge in [-0.1, -0.05) is 31.2 Å². The Bertz CT molecular complexity index is 1100. The molecule has 0 aliphatic heterocycles. The standard InChI is InChI=1S/C25H24N2O5/c1-17(3-9-22(28)10-5-19-4-8-21(15-26)18(2)13-19)16-32-25(30)12-7-20-6-11-23(27-31)24(29)14-20/h4-8,10-14,17,29H,3,9,16H2,1-2H3/b10-5+,12-7+. The number of carbonyl (C=O) groups is 2. The number of phenols is 1. The molecule has 0 radical (unpaired) electrons. The molecular weight excluding hydrogens is 408 g/mol. The van der Waals surface area contributed by atoms with E-state index in [0.29, 0.717) is 24.0 Å². The average molecular weight is 432 g/mol. The second kappa shape index (κ2) is 12.0. The number of phenolic OH excluding ortho intramolecular Hbond substituents is 1. The molecule has 7 nitrogen and oxygen atoms in total. The van der Waals surface area contributed by atoms with E-state index in [0.717, 1.165) is 11.1 Å². The summed E-state index contributed by atoms with van der Waals surface area (Å²) in [5.41, 5.74) is 2.77. The van der Waals surface area contributed by atoms with Crippen molar-refractivity contribution in [1.29, 1.82) is 5.26 Å². The molecular formula is C25H24N2O5. The summed E-state index contributed by atoms with van der Waals surface area (Å²) in [4.78, 5) is 34.4. The first kappa shape index (κ1) is 24.2. The number of aryl methyl sites for hydroxylation is 1. The summed E-state index contributed by atoms with van der Waals surface area (Å²) < 4.78 is 5.18.